The van der Waals surface area contributed by atoms with E-state index in [1.807, 2.05) is 44.2 Å². The highest BCUT2D eigenvalue weighted by Gasteiger charge is 2.20. The van der Waals surface area contributed by atoms with Gasteiger partial charge in [0.05, 0.1) is 11.8 Å². The van der Waals surface area contributed by atoms with Crippen molar-refractivity contribution in [2.45, 2.75) is 50.1 Å². The molecular formula is C24H29N5OS. The lowest BCUT2D eigenvalue weighted by atomic mass is 10.1. The van der Waals surface area contributed by atoms with Crippen LogP contribution in [0.5, 0.6) is 0 Å². The van der Waals surface area contributed by atoms with Gasteiger partial charge in [0.15, 0.2) is 5.16 Å². The van der Waals surface area contributed by atoms with Crippen molar-refractivity contribution < 1.29 is 4.79 Å². The number of benzene rings is 2. The van der Waals surface area contributed by atoms with Crippen molar-refractivity contribution >= 4 is 29.0 Å². The monoisotopic (exact) mass is 435 g/mol. The molecule has 162 valence electrons. The fourth-order valence-electron chi connectivity index (χ4n) is 3.76. The normalized spacial score (nSPS) is 15.0. The van der Waals surface area contributed by atoms with Crippen LogP contribution < -0.4 is 10.2 Å². The third-order valence-electron chi connectivity index (χ3n) is 5.59. The van der Waals surface area contributed by atoms with Crippen LogP contribution in [0.4, 0.5) is 11.4 Å². The number of nitrogens with zero attached hydrogens (tertiary/aromatic N) is 4. The summed E-state index contributed by atoms with van der Waals surface area (Å²) < 4.78 is 2.05. The van der Waals surface area contributed by atoms with Gasteiger partial charge in [-0.3, -0.25) is 4.79 Å². The maximum Gasteiger partial charge on any atom is 0.237 e. The molecule has 6 nitrogen and oxygen atoms in total. The van der Waals surface area contributed by atoms with E-state index in [4.69, 9.17) is 0 Å². The molecule has 0 saturated carbocycles. The first-order valence-corrected chi connectivity index (χ1v) is 11.7. The maximum atomic E-state index is 12.8. The summed E-state index contributed by atoms with van der Waals surface area (Å²) in [5, 5.41) is 12.0. The summed E-state index contributed by atoms with van der Waals surface area (Å²) in [7, 11) is 0. The van der Waals surface area contributed by atoms with Crippen LogP contribution in [-0.4, -0.2) is 39.0 Å². The Hall–Kier alpha value is -2.80. The first kappa shape index (κ1) is 21.4. The summed E-state index contributed by atoms with van der Waals surface area (Å²) in [4.78, 5) is 15.2. The highest BCUT2D eigenvalue weighted by atomic mass is 32.2. The minimum Gasteiger partial charge on any atom is -0.372 e. The molecule has 1 aliphatic rings. The number of carbonyl (C=O) groups is 1. The second-order valence-corrected chi connectivity index (χ2v) is 9.25. The van der Waals surface area contributed by atoms with Crippen LogP contribution >= 0.6 is 11.8 Å². The van der Waals surface area contributed by atoms with Gasteiger partial charge in [0, 0.05) is 24.5 Å². The Morgan fingerprint density at radius 2 is 1.74 bits per heavy atom. The van der Waals surface area contributed by atoms with Crippen LogP contribution in [0.2, 0.25) is 0 Å². The fraction of sp³-hybridized carbons (Fsp3) is 0.375. The third-order valence-corrected chi connectivity index (χ3v) is 6.67. The first-order valence-electron chi connectivity index (χ1n) is 10.9. The molecule has 7 heteroatoms. The Bertz CT molecular complexity index is 997. The smallest absolute Gasteiger partial charge is 0.237 e. The molecule has 2 aromatic carbocycles. The lowest BCUT2D eigenvalue weighted by Crippen LogP contribution is -2.29. The van der Waals surface area contributed by atoms with Crippen LogP contribution in [0.1, 0.15) is 37.6 Å². The minimum absolute atomic E-state index is 0.0392. The van der Waals surface area contributed by atoms with Gasteiger partial charge >= 0.3 is 0 Å². The van der Waals surface area contributed by atoms with Gasteiger partial charge in [-0.1, -0.05) is 42.1 Å². The van der Waals surface area contributed by atoms with Gasteiger partial charge in [0.25, 0.3) is 0 Å². The van der Waals surface area contributed by atoms with E-state index in [0.29, 0.717) is 6.54 Å². The highest BCUT2D eigenvalue weighted by Crippen LogP contribution is 2.25. The van der Waals surface area contributed by atoms with Crippen molar-refractivity contribution in [3.63, 3.8) is 0 Å². The predicted octanol–water partition coefficient (Wildman–Crippen LogP) is 4.74. The number of hydrogen-bond acceptors (Lipinski definition) is 5. The molecule has 0 bridgehead atoms. The molecule has 2 heterocycles. The molecule has 1 unspecified atom stereocenters. The lowest BCUT2D eigenvalue weighted by molar-refractivity contribution is -0.115. The van der Waals surface area contributed by atoms with Crippen molar-refractivity contribution in [2.24, 2.45) is 0 Å². The van der Waals surface area contributed by atoms with Crippen LogP contribution in [-0.2, 0) is 11.3 Å². The molecule has 0 spiro atoms. The second kappa shape index (κ2) is 10.0. The van der Waals surface area contributed by atoms with Crippen molar-refractivity contribution in [3.8, 4) is 0 Å². The minimum atomic E-state index is -0.292. The molecule has 1 fully saturated rings. The average molecular weight is 436 g/mol. The standard InChI is InChI=1S/C24H29N5OS/c1-18(31-24-27-26-19(2)29(24)17-20-9-5-3-6-10-20)23(30)25-21-11-13-22(14-12-21)28-15-7-4-8-16-28/h3,5-6,9-14,18H,4,7-8,15-17H2,1-2H3,(H,25,30). The number of aromatic nitrogens is 3. The quantitative estimate of drug-likeness (QED) is 0.543. The summed E-state index contributed by atoms with van der Waals surface area (Å²) in [6.45, 7) is 6.76. The average Bonchev–Trinajstić information content (AvgIpc) is 3.14. The molecule has 0 radical (unpaired) electrons. The van der Waals surface area contributed by atoms with E-state index in [1.165, 1.54) is 42.3 Å². The van der Waals surface area contributed by atoms with E-state index >= 15 is 0 Å². The van der Waals surface area contributed by atoms with Crippen LogP contribution in [0.3, 0.4) is 0 Å². The predicted molar refractivity (Wildman–Crippen MR) is 127 cm³/mol. The summed E-state index contributed by atoms with van der Waals surface area (Å²) in [5.41, 5.74) is 3.22. The van der Waals surface area contributed by atoms with Gasteiger partial charge in [-0.15, -0.1) is 10.2 Å². The molecule has 1 amide bonds. The van der Waals surface area contributed by atoms with E-state index in [2.05, 4.69) is 49.2 Å². The van der Waals surface area contributed by atoms with E-state index in [9.17, 15) is 4.79 Å². The summed E-state index contributed by atoms with van der Waals surface area (Å²) in [6, 6.07) is 18.4. The summed E-state index contributed by atoms with van der Waals surface area (Å²) >= 11 is 1.43. The Balaban J connectivity index is 1.37. The molecule has 4 rings (SSSR count). The molecule has 1 aliphatic heterocycles. The Morgan fingerprint density at radius 1 is 1.03 bits per heavy atom. The molecule has 1 saturated heterocycles. The number of thioether (sulfide) groups is 1. The van der Waals surface area contributed by atoms with E-state index in [1.54, 1.807) is 0 Å². The van der Waals surface area contributed by atoms with Crippen molar-refractivity contribution in [1.82, 2.24) is 14.8 Å². The number of amides is 1. The van der Waals surface area contributed by atoms with Gasteiger partial charge in [-0.2, -0.15) is 0 Å². The number of carbonyl (C=O) groups excluding carboxylic acids is 1. The molecule has 1 atom stereocenters. The van der Waals surface area contributed by atoms with Crippen LogP contribution in [0, 0.1) is 6.92 Å². The van der Waals surface area contributed by atoms with Crippen molar-refractivity contribution in [3.05, 3.63) is 66.0 Å². The van der Waals surface area contributed by atoms with Gasteiger partial charge in [0.1, 0.15) is 5.82 Å². The highest BCUT2D eigenvalue weighted by molar-refractivity contribution is 8.00. The van der Waals surface area contributed by atoms with E-state index in [-0.39, 0.29) is 11.2 Å². The summed E-state index contributed by atoms with van der Waals surface area (Å²) in [6.07, 6.45) is 3.82. The van der Waals surface area contributed by atoms with Crippen LogP contribution in [0.25, 0.3) is 0 Å². The summed E-state index contributed by atoms with van der Waals surface area (Å²) in [5.74, 6) is 0.801. The molecule has 1 aromatic heterocycles. The zero-order chi connectivity index (χ0) is 21.6. The molecule has 31 heavy (non-hydrogen) atoms. The van der Waals surface area contributed by atoms with Crippen LogP contribution in [0.15, 0.2) is 59.8 Å². The third kappa shape index (κ3) is 5.47. The number of aryl methyl sites for hydroxylation is 1. The lowest BCUT2D eigenvalue weighted by Gasteiger charge is -2.28. The molecule has 0 aliphatic carbocycles. The van der Waals surface area contributed by atoms with Crippen molar-refractivity contribution in [1.29, 1.82) is 0 Å². The SMILES string of the molecule is Cc1nnc(SC(C)C(=O)Nc2ccc(N3CCCCC3)cc2)n1Cc1ccccc1. The fourth-order valence-corrected chi connectivity index (χ4v) is 4.65. The van der Waals surface area contributed by atoms with E-state index in [0.717, 1.165) is 29.8 Å². The largest absolute Gasteiger partial charge is 0.372 e. The van der Waals surface area contributed by atoms with Gasteiger partial charge in [0.2, 0.25) is 5.91 Å². The molecule has 1 N–H and O–H groups in total. The number of piperidine rings is 1. The number of anilines is 2. The van der Waals surface area contributed by atoms with E-state index < -0.39 is 0 Å². The Kier molecular flexibility index (Phi) is 6.92. The number of rotatable bonds is 7. The topological polar surface area (TPSA) is 63.1 Å². The maximum absolute atomic E-state index is 12.8. The first-order chi connectivity index (χ1) is 15.1. The second-order valence-electron chi connectivity index (χ2n) is 7.95. The van der Waals surface area contributed by atoms with Crippen molar-refractivity contribution in [2.75, 3.05) is 23.3 Å². The van der Waals surface area contributed by atoms with Gasteiger partial charge < -0.3 is 14.8 Å². The zero-order valence-corrected chi connectivity index (χ0v) is 18.9. The van der Waals surface area contributed by atoms with Gasteiger partial charge in [-0.25, -0.2) is 0 Å². The Labute approximate surface area is 188 Å². The number of nitrogens with one attached hydrogen (secondary N) is 1. The zero-order valence-electron chi connectivity index (χ0n) is 18.1. The molecular weight excluding hydrogens is 406 g/mol. The molecule has 3 aromatic rings. The number of hydrogen-bond donors (Lipinski definition) is 1. The Morgan fingerprint density at radius 3 is 2.45 bits per heavy atom. The van der Waals surface area contributed by atoms with Gasteiger partial charge in [-0.05, 0) is 62.9 Å².